The number of fused-ring (bicyclic) bond motifs is 4. The van der Waals surface area contributed by atoms with Crippen LogP contribution >= 0.6 is 0 Å². The normalized spacial score (nSPS) is 13.5. The SMILES string of the molecule is [2H]c1c(Oc2[c-]c3c(cc2)c2cc(-c4ccccc4)ccc2n3-c2cc(C([2H])([2H])[2H])c(-c3ccccc3)cn2)[c-]c(N2[CH-]N(c3c(-c4ccc(C(C)(C)C)cc4)cccc3-c3cccc(-c4ccccc4)c3)c3ccccc32)c([2H])c1[2H].[Pt]. The molecule has 0 aliphatic carbocycles. The van der Waals surface area contributed by atoms with E-state index in [0.717, 1.165) is 83.4 Å². The molecule has 77 heavy (non-hydrogen) atoms. The van der Waals surface area contributed by atoms with E-state index in [0.29, 0.717) is 16.9 Å². The summed E-state index contributed by atoms with van der Waals surface area (Å²) in [5.41, 5.74) is 14.9. The van der Waals surface area contributed by atoms with E-state index in [1.807, 2.05) is 125 Å². The molecule has 0 spiro atoms. The Morgan fingerprint density at radius 3 is 1.82 bits per heavy atom. The van der Waals surface area contributed by atoms with Crippen molar-refractivity contribution in [3.05, 3.63) is 273 Å². The van der Waals surface area contributed by atoms with E-state index in [1.165, 1.54) is 5.56 Å². The van der Waals surface area contributed by atoms with E-state index in [2.05, 4.69) is 135 Å². The van der Waals surface area contributed by atoms with Crippen molar-refractivity contribution in [1.82, 2.24) is 9.55 Å². The minimum atomic E-state index is -2.47. The van der Waals surface area contributed by atoms with Crippen molar-refractivity contribution >= 4 is 44.6 Å². The molecule has 0 fully saturated rings. The molecule has 2 aromatic heterocycles. The van der Waals surface area contributed by atoms with Gasteiger partial charge in [0.2, 0.25) is 0 Å². The van der Waals surface area contributed by atoms with Crippen molar-refractivity contribution < 1.29 is 34.0 Å². The van der Waals surface area contributed by atoms with Gasteiger partial charge < -0.3 is 19.1 Å². The number of benzene rings is 10. The number of hydrogen-bond acceptors (Lipinski definition) is 4. The summed E-state index contributed by atoms with van der Waals surface area (Å²) < 4.78 is 62.6. The summed E-state index contributed by atoms with van der Waals surface area (Å²) in [5.74, 6) is 0.514. The first-order valence-corrected chi connectivity index (χ1v) is 25.4. The Labute approximate surface area is 474 Å². The van der Waals surface area contributed by atoms with Crippen LogP contribution in [0.5, 0.6) is 11.5 Å². The van der Waals surface area contributed by atoms with Gasteiger partial charge in [-0.2, -0.15) is 12.1 Å². The fourth-order valence-electron chi connectivity index (χ4n) is 10.4. The van der Waals surface area contributed by atoms with E-state index >= 15 is 0 Å². The van der Waals surface area contributed by atoms with Crippen LogP contribution in [0.1, 0.15) is 40.1 Å². The predicted molar refractivity (Wildman–Crippen MR) is 315 cm³/mol. The second kappa shape index (κ2) is 20.4. The maximum absolute atomic E-state index is 9.49. The molecular weight excluding hydrogens is 1120 g/mol. The van der Waals surface area contributed by atoms with E-state index in [4.69, 9.17) is 13.8 Å². The summed E-state index contributed by atoms with van der Waals surface area (Å²) in [5, 5.41) is 1.69. The number of anilines is 4. The molecule has 1 aliphatic rings. The van der Waals surface area contributed by atoms with Crippen LogP contribution in [0.25, 0.3) is 83.3 Å². The number of nitrogens with zero attached hydrogens (tertiary/aromatic N) is 4. The van der Waals surface area contributed by atoms with Gasteiger partial charge in [-0.3, -0.25) is 0 Å². The Morgan fingerprint density at radius 2 is 1.12 bits per heavy atom. The molecule has 1 aliphatic heterocycles. The average Bonchev–Trinajstić information content (AvgIpc) is 2.94. The molecule has 6 heteroatoms. The molecule has 0 radical (unpaired) electrons. The second-order valence-electron chi connectivity index (χ2n) is 20.1. The molecule has 12 aromatic rings. The Balaban J connectivity index is 0.00000680. The van der Waals surface area contributed by atoms with Gasteiger partial charge in [-0.25, -0.2) is 4.98 Å². The standard InChI is InChI=1S/C71H53N4O.Pt/c1-48-41-69(72-46-64(48)51-23-12-7-13-24-51)75-65-40-35-54(50-21-10-6-11-22-50)43-63(65)62-39-38-59(45-68(62)75)76-58-28-17-27-57(44-58)73-47-74(67-32-15-14-31-66(67)73)70-60(52-33-36-56(37-34-52)71(2,3)4)29-18-30-61(70)55-26-16-25-53(42-55)49-19-8-5-9-20-49;/h5-43,46-47H,1-4H3;/q-3;/i1D3,17D,27D,28D;. The van der Waals surface area contributed by atoms with Crippen molar-refractivity contribution in [1.29, 1.82) is 0 Å². The third-order valence-electron chi connectivity index (χ3n) is 14.3. The molecule has 5 nitrogen and oxygen atoms in total. The predicted octanol–water partition coefficient (Wildman–Crippen LogP) is 18.9. The minimum absolute atomic E-state index is 0. The molecule has 0 atom stereocenters. The molecule has 0 unspecified atom stereocenters. The zero-order valence-electron chi connectivity index (χ0n) is 48.5. The molecular formula is C71H53N4OPt-3. The monoisotopic (exact) mass is 1180 g/mol. The van der Waals surface area contributed by atoms with Crippen molar-refractivity contribution in [3.63, 3.8) is 0 Å². The van der Waals surface area contributed by atoms with E-state index in [-0.39, 0.29) is 67.4 Å². The third-order valence-corrected chi connectivity index (χ3v) is 14.3. The molecule has 0 saturated carbocycles. The Kier molecular flexibility index (Phi) is 11.3. The van der Waals surface area contributed by atoms with E-state index in [9.17, 15) is 4.11 Å². The van der Waals surface area contributed by atoms with Crippen LogP contribution in [-0.4, -0.2) is 9.55 Å². The van der Waals surface area contributed by atoms with Gasteiger partial charge in [-0.15, -0.1) is 48.0 Å². The van der Waals surface area contributed by atoms with E-state index < -0.39 is 6.85 Å². The molecule has 376 valence electrons. The summed E-state index contributed by atoms with van der Waals surface area (Å²) in [6, 6.07) is 79.0. The van der Waals surface area contributed by atoms with Crippen LogP contribution in [0.4, 0.5) is 22.7 Å². The zero-order chi connectivity index (χ0) is 56.4. The quantitative estimate of drug-likeness (QED) is 0.128. The topological polar surface area (TPSA) is 33.5 Å². The summed E-state index contributed by atoms with van der Waals surface area (Å²) in [4.78, 5) is 8.94. The van der Waals surface area contributed by atoms with Gasteiger partial charge in [0, 0.05) is 83.5 Å². The molecule has 0 N–H and O–H groups in total. The van der Waals surface area contributed by atoms with Crippen LogP contribution in [-0.2, 0) is 26.5 Å². The first kappa shape index (κ1) is 42.5. The summed E-state index contributed by atoms with van der Waals surface area (Å²) in [6.45, 7) is 6.11. The minimum Gasteiger partial charge on any atom is -0.509 e. The number of rotatable bonds is 10. The molecule has 0 bridgehead atoms. The van der Waals surface area contributed by atoms with Gasteiger partial charge >= 0.3 is 0 Å². The molecule has 10 aromatic carbocycles. The van der Waals surface area contributed by atoms with Gasteiger partial charge in [0.05, 0.1) is 0 Å². The second-order valence-corrected chi connectivity index (χ2v) is 20.1. The van der Waals surface area contributed by atoms with Crippen LogP contribution < -0.4 is 14.5 Å². The average molecular weight is 1180 g/mol. The summed E-state index contributed by atoms with van der Waals surface area (Å²) in [7, 11) is 0. The fraction of sp³-hybridized carbons (Fsp3) is 0.0704. The zero-order valence-corrected chi connectivity index (χ0v) is 44.7. The summed E-state index contributed by atoms with van der Waals surface area (Å²) in [6.07, 6.45) is 1.62. The van der Waals surface area contributed by atoms with Crippen LogP contribution in [0.15, 0.2) is 243 Å². The fourth-order valence-corrected chi connectivity index (χ4v) is 10.4. The number of hydrogen-bond donors (Lipinski definition) is 0. The van der Waals surface area contributed by atoms with Gasteiger partial charge in [0.1, 0.15) is 5.82 Å². The Bertz CT molecular complexity index is 4410. The van der Waals surface area contributed by atoms with Gasteiger partial charge in [0.25, 0.3) is 0 Å². The van der Waals surface area contributed by atoms with Gasteiger partial charge in [-0.1, -0.05) is 202 Å². The van der Waals surface area contributed by atoms with E-state index in [1.54, 1.807) is 18.3 Å². The van der Waals surface area contributed by atoms with Crippen molar-refractivity contribution in [2.24, 2.45) is 0 Å². The van der Waals surface area contributed by atoms with Crippen molar-refractivity contribution in [2.75, 3.05) is 9.80 Å². The molecule has 0 saturated heterocycles. The largest absolute Gasteiger partial charge is 0.509 e. The number of aryl methyl sites for hydroxylation is 1. The Hall–Kier alpha value is -8.76. The smallest absolute Gasteiger partial charge is 0.135 e. The maximum Gasteiger partial charge on any atom is 0.135 e. The first-order valence-electron chi connectivity index (χ1n) is 28.4. The number of para-hydroxylation sites is 3. The van der Waals surface area contributed by atoms with Gasteiger partial charge in [-0.05, 0) is 101 Å². The first-order chi connectivity index (χ1) is 39.7. The maximum atomic E-state index is 9.49. The molecule has 13 rings (SSSR count). The summed E-state index contributed by atoms with van der Waals surface area (Å²) >= 11 is 0. The molecule has 3 heterocycles. The van der Waals surface area contributed by atoms with Crippen LogP contribution in [0.3, 0.4) is 0 Å². The molecule has 0 amide bonds. The van der Waals surface area contributed by atoms with Crippen LogP contribution in [0, 0.1) is 25.7 Å². The number of aromatic nitrogens is 2. The van der Waals surface area contributed by atoms with Crippen LogP contribution in [0.2, 0.25) is 0 Å². The van der Waals surface area contributed by atoms with Crippen molar-refractivity contribution in [3.8, 4) is 73.0 Å². The van der Waals surface area contributed by atoms with Crippen molar-refractivity contribution in [2.45, 2.75) is 33.0 Å². The van der Waals surface area contributed by atoms with Gasteiger partial charge in [0.15, 0.2) is 0 Å². The number of pyridine rings is 1. The number of ether oxygens (including phenoxy) is 1. The Morgan fingerprint density at radius 1 is 0.519 bits per heavy atom. The third kappa shape index (κ3) is 9.32.